The number of anilines is 4. The van der Waals surface area contributed by atoms with Crippen LogP contribution >= 0.6 is 15.9 Å². The van der Waals surface area contributed by atoms with Crippen molar-refractivity contribution in [3.05, 3.63) is 59.3 Å². The van der Waals surface area contributed by atoms with Gasteiger partial charge in [-0.25, -0.2) is 10.5 Å². The highest BCUT2D eigenvalue weighted by atomic mass is 32.0. The van der Waals surface area contributed by atoms with Gasteiger partial charge in [0.1, 0.15) is 17.1 Å². The fourth-order valence-electron chi connectivity index (χ4n) is 5.17. The lowest BCUT2D eigenvalue weighted by atomic mass is 10.0. The SMILES string of the molecule is CC(C)CONC(=O)c1ccc(Nc2ncc(C(F)(F)F)c(Nc3ccccc3P3CCCCCCCP3)n2)c2c1CCO2. The molecule has 0 radical (unpaired) electrons. The lowest BCUT2D eigenvalue weighted by Crippen LogP contribution is -2.26. The van der Waals surface area contributed by atoms with Gasteiger partial charge < -0.3 is 15.4 Å². The molecule has 3 N–H and O–H groups in total. The number of nitrogens with one attached hydrogen (secondary N) is 3. The predicted molar refractivity (Wildman–Crippen MR) is 172 cm³/mol. The van der Waals surface area contributed by atoms with Crippen LogP contribution in [0.2, 0.25) is 0 Å². The number of nitrogens with zero attached hydrogens (tertiary/aromatic N) is 2. The molecular weight excluding hydrogens is 609 g/mol. The summed E-state index contributed by atoms with van der Waals surface area (Å²) in [6, 6.07) is 10.9. The van der Waals surface area contributed by atoms with Gasteiger partial charge in [0.2, 0.25) is 5.95 Å². The van der Waals surface area contributed by atoms with Crippen LogP contribution in [0.3, 0.4) is 0 Å². The van der Waals surface area contributed by atoms with Gasteiger partial charge in [0.15, 0.2) is 0 Å². The summed E-state index contributed by atoms with van der Waals surface area (Å²) in [5, 5.41) is 7.14. The molecule has 1 fully saturated rings. The third-order valence-electron chi connectivity index (χ3n) is 7.33. The number of benzene rings is 2. The monoisotopic (exact) mass is 647 g/mol. The van der Waals surface area contributed by atoms with Crippen LogP contribution < -0.4 is 26.2 Å². The van der Waals surface area contributed by atoms with Crippen molar-refractivity contribution in [2.45, 2.75) is 58.5 Å². The molecule has 2 aromatic carbocycles. The van der Waals surface area contributed by atoms with Crippen LogP contribution in [0.4, 0.5) is 36.3 Å². The van der Waals surface area contributed by atoms with E-state index < -0.39 is 25.3 Å². The van der Waals surface area contributed by atoms with Gasteiger partial charge in [-0.1, -0.05) is 67.2 Å². The summed E-state index contributed by atoms with van der Waals surface area (Å²) in [5.41, 5.74) is 3.72. The summed E-state index contributed by atoms with van der Waals surface area (Å²) >= 11 is 0. The van der Waals surface area contributed by atoms with Crippen molar-refractivity contribution in [3.8, 4) is 5.75 Å². The highest BCUT2D eigenvalue weighted by Crippen LogP contribution is 2.57. The normalized spacial score (nSPS) is 17.7. The number of carbonyl (C=O) groups excluding carboxylic acids is 1. The quantitative estimate of drug-likeness (QED) is 0.161. The topological polar surface area (TPSA) is 97.4 Å². The molecular formula is C31H38F3N5O3P2. The zero-order valence-electron chi connectivity index (χ0n) is 24.9. The average molecular weight is 648 g/mol. The zero-order chi connectivity index (χ0) is 31.1. The maximum absolute atomic E-state index is 14.1. The third kappa shape index (κ3) is 8.17. The number of hydroxylamine groups is 1. The fraction of sp³-hybridized carbons (Fsp3) is 0.452. The van der Waals surface area contributed by atoms with Gasteiger partial charge in [-0.15, -0.1) is 0 Å². The minimum Gasteiger partial charge on any atom is -0.491 e. The second-order valence-electron chi connectivity index (χ2n) is 11.3. The summed E-state index contributed by atoms with van der Waals surface area (Å²) in [6.45, 7) is 4.69. The lowest BCUT2D eigenvalue weighted by molar-refractivity contribution is -0.137. The van der Waals surface area contributed by atoms with E-state index >= 15 is 0 Å². The molecule has 2 aliphatic heterocycles. The van der Waals surface area contributed by atoms with Crippen LogP contribution in [0.25, 0.3) is 0 Å². The van der Waals surface area contributed by atoms with Crippen LogP contribution in [-0.4, -0.2) is 41.4 Å². The first-order valence-corrected chi connectivity index (χ1v) is 18.6. The van der Waals surface area contributed by atoms with E-state index in [0.717, 1.165) is 38.5 Å². The maximum Gasteiger partial charge on any atom is 0.421 e. The Labute approximate surface area is 258 Å². The van der Waals surface area contributed by atoms with E-state index in [9.17, 15) is 18.0 Å². The summed E-state index contributed by atoms with van der Waals surface area (Å²) in [6.07, 6.45) is 4.92. The van der Waals surface area contributed by atoms with E-state index in [1.807, 2.05) is 38.1 Å². The van der Waals surface area contributed by atoms with Gasteiger partial charge >= 0.3 is 6.18 Å². The smallest absolute Gasteiger partial charge is 0.421 e. The number of para-hydroxylation sites is 1. The molecule has 0 saturated carbocycles. The Morgan fingerprint density at radius 2 is 1.86 bits per heavy atom. The van der Waals surface area contributed by atoms with Gasteiger partial charge in [-0.2, -0.15) is 18.2 Å². The number of hydrogen-bond donors (Lipinski definition) is 3. The molecule has 1 aromatic heterocycles. The zero-order valence-corrected chi connectivity index (χ0v) is 26.8. The third-order valence-corrected chi connectivity index (χ3v) is 13.2. The molecule has 236 valence electrons. The average Bonchev–Trinajstić information content (AvgIpc) is 3.52. The molecule has 2 unspecified atom stereocenters. The summed E-state index contributed by atoms with van der Waals surface area (Å²) in [5.74, 6) is -0.0464. The van der Waals surface area contributed by atoms with Crippen LogP contribution in [0.1, 0.15) is 67.4 Å². The van der Waals surface area contributed by atoms with E-state index in [2.05, 4.69) is 26.1 Å². The molecule has 2 aliphatic rings. The van der Waals surface area contributed by atoms with Gasteiger partial charge in [0, 0.05) is 34.7 Å². The van der Waals surface area contributed by atoms with Gasteiger partial charge in [-0.05, 0) is 49.3 Å². The minimum absolute atomic E-state index is 0.0248. The Morgan fingerprint density at radius 3 is 2.68 bits per heavy atom. The number of alkyl halides is 3. The van der Waals surface area contributed by atoms with Gasteiger partial charge in [0.25, 0.3) is 5.91 Å². The Hall–Kier alpha value is -3.00. The molecule has 1 saturated heterocycles. The second kappa shape index (κ2) is 14.9. The van der Waals surface area contributed by atoms with E-state index in [-0.39, 0.29) is 17.7 Å². The van der Waals surface area contributed by atoms with Crippen LogP contribution in [0, 0.1) is 5.92 Å². The van der Waals surface area contributed by atoms with E-state index in [0.29, 0.717) is 47.9 Å². The molecule has 1 amide bonds. The molecule has 44 heavy (non-hydrogen) atoms. The number of hydrogen-bond acceptors (Lipinski definition) is 7. The number of ether oxygens (including phenoxy) is 1. The first-order valence-electron chi connectivity index (χ1n) is 15.0. The van der Waals surface area contributed by atoms with Crippen molar-refractivity contribution < 1.29 is 27.5 Å². The first-order chi connectivity index (χ1) is 21.2. The van der Waals surface area contributed by atoms with Crippen LogP contribution in [0.5, 0.6) is 5.75 Å². The molecule has 0 bridgehead atoms. The van der Waals surface area contributed by atoms with E-state index in [1.54, 1.807) is 12.1 Å². The Balaban J connectivity index is 1.41. The molecule has 3 heterocycles. The highest BCUT2D eigenvalue weighted by molar-refractivity contribution is 8.25. The van der Waals surface area contributed by atoms with Crippen LogP contribution in [0.15, 0.2) is 42.6 Å². The van der Waals surface area contributed by atoms with Gasteiger partial charge in [-0.3, -0.25) is 9.63 Å². The largest absolute Gasteiger partial charge is 0.491 e. The fourth-order valence-corrected chi connectivity index (χ4v) is 11.0. The Bertz CT molecular complexity index is 1450. The molecule has 8 nitrogen and oxygen atoms in total. The molecule has 5 rings (SSSR count). The molecule has 13 heteroatoms. The number of halogens is 3. The highest BCUT2D eigenvalue weighted by Gasteiger charge is 2.36. The second-order valence-corrected chi connectivity index (χ2v) is 16.4. The van der Waals surface area contributed by atoms with Crippen molar-refractivity contribution in [1.82, 2.24) is 15.4 Å². The lowest BCUT2D eigenvalue weighted by Gasteiger charge is -2.22. The summed E-state index contributed by atoms with van der Waals surface area (Å²) < 4.78 is 48.2. The van der Waals surface area contributed by atoms with E-state index in [4.69, 9.17) is 9.57 Å². The molecule has 0 aliphatic carbocycles. The number of amides is 1. The van der Waals surface area contributed by atoms with Crippen molar-refractivity contribution in [1.29, 1.82) is 0 Å². The van der Waals surface area contributed by atoms with Crippen molar-refractivity contribution in [3.63, 3.8) is 0 Å². The molecule has 0 spiro atoms. The number of rotatable bonds is 9. The molecule has 3 aromatic rings. The van der Waals surface area contributed by atoms with Gasteiger partial charge in [0.05, 0.1) is 18.9 Å². The number of fused-ring (bicyclic) bond motifs is 1. The van der Waals surface area contributed by atoms with Crippen molar-refractivity contribution in [2.24, 2.45) is 5.92 Å². The number of aromatic nitrogens is 2. The predicted octanol–water partition coefficient (Wildman–Crippen LogP) is 7.90. The first kappa shape index (κ1) is 32.4. The summed E-state index contributed by atoms with van der Waals surface area (Å²) in [7, 11) is 0.300. The molecule has 2 atom stereocenters. The summed E-state index contributed by atoms with van der Waals surface area (Å²) in [4.78, 5) is 26.3. The Morgan fingerprint density at radius 1 is 1.07 bits per heavy atom. The van der Waals surface area contributed by atoms with Crippen molar-refractivity contribution in [2.75, 3.05) is 36.2 Å². The van der Waals surface area contributed by atoms with Crippen molar-refractivity contribution >= 4 is 50.2 Å². The van der Waals surface area contributed by atoms with Crippen LogP contribution in [-0.2, 0) is 17.4 Å². The Kier molecular flexibility index (Phi) is 10.9. The van der Waals surface area contributed by atoms with E-state index in [1.165, 1.54) is 25.7 Å². The maximum atomic E-state index is 14.1. The number of carbonyl (C=O) groups is 1. The standard InChI is InChI=1S/C31H38F3N5O3P2/c1-20(2)19-42-39-29(40)22-12-13-25(27-21(22)14-15-41-27)37-30-35-18-23(31(32,33)34)28(38-30)36-24-10-6-7-11-26(24)44-17-9-5-3-4-8-16-43-44/h6-7,10-13,18,20,43H,3-5,8-9,14-17,19H2,1-2H3,(H,39,40)(H2,35,36,37,38). The minimum atomic E-state index is -4.65.